The number of imide groups is 2. The number of nitrogens with zero attached hydrogens (tertiary/aromatic N) is 1. The van der Waals surface area contributed by atoms with E-state index in [0.717, 1.165) is 4.90 Å². The van der Waals surface area contributed by atoms with Gasteiger partial charge in [0.15, 0.2) is 6.10 Å². The molecule has 2 heterocycles. The molecular weight excluding hydrogens is 380 g/mol. The van der Waals surface area contributed by atoms with Gasteiger partial charge in [-0.2, -0.15) is 0 Å². The van der Waals surface area contributed by atoms with Gasteiger partial charge in [-0.25, -0.2) is 4.79 Å². The third kappa shape index (κ3) is 3.98. The Hall–Kier alpha value is -3.23. The fraction of sp³-hybridized carbons (Fsp3) is 0.450. The second-order valence-corrected chi connectivity index (χ2v) is 7.92. The van der Waals surface area contributed by atoms with E-state index >= 15 is 0 Å². The third-order valence-electron chi connectivity index (χ3n) is 4.47. The molecule has 0 aromatic heterocycles. The van der Waals surface area contributed by atoms with E-state index in [4.69, 9.17) is 9.47 Å². The van der Waals surface area contributed by atoms with Gasteiger partial charge in [-0.3, -0.25) is 29.4 Å². The van der Waals surface area contributed by atoms with E-state index in [0.29, 0.717) is 0 Å². The Morgan fingerprint density at radius 2 is 1.86 bits per heavy atom. The number of hydrogen-bond acceptors (Lipinski definition) is 7. The van der Waals surface area contributed by atoms with Crippen molar-refractivity contribution in [2.24, 2.45) is 0 Å². The maximum absolute atomic E-state index is 13.0. The molecule has 29 heavy (non-hydrogen) atoms. The number of amides is 4. The van der Waals surface area contributed by atoms with Crippen molar-refractivity contribution >= 4 is 29.6 Å². The van der Waals surface area contributed by atoms with E-state index in [-0.39, 0.29) is 29.7 Å². The predicted molar refractivity (Wildman–Crippen MR) is 99.0 cm³/mol. The molecule has 3 rings (SSSR count). The topological polar surface area (TPSA) is 119 Å². The van der Waals surface area contributed by atoms with Crippen molar-refractivity contribution in [3.63, 3.8) is 0 Å². The summed E-state index contributed by atoms with van der Waals surface area (Å²) >= 11 is 0. The maximum Gasteiger partial charge on any atom is 0.347 e. The summed E-state index contributed by atoms with van der Waals surface area (Å²) in [7, 11) is 0. The van der Waals surface area contributed by atoms with E-state index in [1.54, 1.807) is 20.8 Å². The molecule has 2 aliphatic heterocycles. The number of esters is 1. The number of carbonyl (C=O) groups excluding carboxylic acids is 5. The summed E-state index contributed by atoms with van der Waals surface area (Å²) in [6.45, 7) is 6.64. The molecule has 1 fully saturated rings. The standard InChI is InChI=1S/C20H22N2O7/c1-10(19(27)29-20(2,3)4)28-13-7-5-6-11-15(13)18(26)22(17(11)25)12-8-9-14(23)21-16(12)24/h5-7,10,12H,8-9H2,1-4H3,(H,21,23,24)/t10-,12-/m1/s1. The van der Waals surface area contributed by atoms with E-state index in [9.17, 15) is 24.0 Å². The van der Waals surface area contributed by atoms with Crippen molar-refractivity contribution < 1.29 is 33.4 Å². The minimum atomic E-state index is -1.07. The molecule has 0 bridgehead atoms. The van der Waals surface area contributed by atoms with Crippen LogP contribution in [-0.2, 0) is 19.1 Å². The Bertz CT molecular complexity index is 916. The van der Waals surface area contributed by atoms with Gasteiger partial charge in [0.1, 0.15) is 17.4 Å². The molecule has 0 unspecified atom stereocenters. The molecule has 2 aliphatic rings. The first kappa shape index (κ1) is 20.5. The largest absolute Gasteiger partial charge is 0.478 e. The van der Waals surface area contributed by atoms with Crippen LogP contribution in [0.5, 0.6) is 5.75 Å². The zero-order valence-electron chi connectivity index (χ0n) is 16.6. The fourth-order valence-corrected chi connectivity index (χ4v) is 3.21. The summed E-state index contributed by atoms with van der Waals surface area (Å²) in [5.41, 5.74) is -0.645. The minimum Gasteiger partial charge on any atom is -0.478 e. The average molecular weight is 402 g/mol. The molecule has 1 aromatic rings. The lowest BCUT2D eigenvalue weighted by Gasteiger charge is -2.27. The van der Waals surface area contributed by atoms with Crippen LogP contribution in [0, 0.1) is 0 Å². The van der Waals surface area contributed by atoms with Crippen molar-refractivity contribution in [3.05, 3.63) is 29.3 Å². The lowest BCUT2D eigenvalue weighted by atomic mass is 10.0. The highest BCUT2D eigenvalue weighted by Crippen LogP contribution is 2.34. The molecule has 1 N–H and O–H groups in total. The molecule has 1 saturated heterocycles. The van der Waals surface area contributed by atoms with Crippen molar-refractivity contribution in [1.29, 1.82) is 0 Å². The molecule has 0 aliphatic carbocycles. The zero-order valence-corrected chi connectivity index (χ0v) is 16.6. The number of benzene rings is 1. The molecule has 0 saturated carbocycles. The van der Waals surface area contributed by atoms with Crippen LogP contribution in [0.15, 0.2) is 18.2 Å². The van der Waals surface area contributed by atoms with E-state index in [2.05, 4.69) is 5.32 Å². The quantitative estimate of drug-likeness (QED) is 0.594. The highest BCUT2D eigenvalue weighted by Gasteiger charge is 2.46. The second kappa shape index (κ2) is 7.31. The van der Waals surface area contributed by atoms with Crippen LogP contribution >= 0.6 is 0 Å². The molecule has 154 valence electrons. The van der Waals surface area contributed by atoms with Crippen LogP contribution in [-0.4, -0.2) is 52.2 Å². The monoisotopic (exact) mass is 402 g/mol. The van der Waals surface area contributed by atoms with Crippen LogP contribution in [0.25, 0.3) is 0 Å². The van der Waals surface area contributed by atoms with Gasteiger partial charge in [0.05, 0.1) is 11.1 Å². The Labute approximate surface area is 167 Å². The Kier molecular flexibility index (Phi) is 5.16. The van der Waals surface area contributed by atoms with Crippen LogP contribution in [0.4, 0.5) is 0 Å². The number of rotatable bonds is 4. The van der Waals surface area contributed by atoms with Crippen molar-refractivity contribution in [1.82, 2.24) is 10.2 Å². The van der Waals surface area contributed by atoms with E-state index in [1.807, 2.05) is 0 Å². The first-order valence-corrected chi connectivity index (χ1v) is 9.23. The highest BCUT2D eigenvalue weighted by molar-refractivity contribution is 6.24. The molecule has 4 amide bonds. The fourth-order valence-electron chi connectivity index (χ4n) is 3.21. The van der Waals surface area contributed by atoms with E-state index in [1.165, 1.54) is 25.1 Å². The average Bonchev–Trinajstić information content (AvgIpc) is 2.86. The van der Waals surface area contributed by atoms with E-state index < -0.39 is 47.3 Å². The number of ether oxygens (including phenoxy) is 2. The first-order valence-electron chi connectivity index (χ1n) is 9.23. The summed E-state index contributed by atoms with van der Waals surface area (Å²) in [5.74, 6) is -3.05. The van der Waals surface area contributed by atoms with Gasteiger partial charge in [-0.05, 0) is 46.2 Å². The number of piperidine rings is 1. The normalized spacial score (nSPS) is 20.3. The van der Waals surface area contributed by atoms with Gasteiger partial charge in [-0.1, -0.05) is 6.07 Å². The van der Waals surface area contributed by atoms with Crippen molar-refractivity contribution in [2.45, 2.75) is 58.3 Å². The van der Waals surface area contributed by atoms with Gasteiger partial charge in [0.25, 0.3) is 11.8 Å². The third-order valence-corrected chi connectivity index (χ3v) is 4.47. The lowest BCUT2D eigenvalue weighted by molar-refractivity contribution is -0.162. The van der Waals surface area contributed by atoms with Gasteiger partial charge in [-0.15, -0.1) is 0 Å². The number of carbonyl (C=O) groups is 5. The van der Waals surface area contributed by atoms with Crippen LogP contribution in [0.2, 0.25) is 0 Å². The second-order valence-electron chi connectivity index (χ2n) is 7.92. The summed E-state index contributed by atoms with van der Waals surface area (Å²) in [4.78, 5) is 62.3. The summed E-state index contributed by atoms with van der Waals surface area (Å²) in [6.07, 6.45) is -0.933. The van der Waals surface area contributed by atoms with Gasteiger partial charge in [0.2, 0.25) is 11.8 Å². The molecular formula is C20H22N2O7. The SMILES string of the molecule is C[C@@H](Oc1cccc2c1C(=O)N([C@@H]1CCC(=O)NC1=O)C2=O)C(=O)OC(C)(C)C. The summed E-state index contributed by atoms with van der Waals surface area (Å²) < 4.78 is 10.9. The number of hydrogen-bond donors (Lipinski definition) is 1. The lowest BCUT2D eigenvalue weighted by Crippen LogP contribution is -2.54. The predicted octanol–water partition coefficient (Wildman–Crippen LogP) is 1.20. The van der Waals surface area contributed by atoms with Crippen LogP contribution in [0.1, 0.15) is 61.3 Å². The number of nitrogens with one attached hydrogen (secondary N) is 1. The Balaban J connectivity index is 1.86. The molecule has 0 radical (unpaired) electrons. The number of fused-ring (bicyclic) bond motifs is 1. The summed E-state index contributed by atoms with van der Waals surface area (Å²) in [5, 5.41) is 2.14. The van der Waals surface area contributed by atoms with Gasteiger partial charge < -0.3 is 9.47 Å². The van der Waals surface area contributed by atoms with Crippen LogP contribution in [0.3, 0.4) is 0 Å². The smallest absolute Gasteiger partial charge is 0.347 e. The first-order chi connectivity index (χ1) is 13.5. The molecule has 9 nitrogen and oxygen atoms in total. The molecule has 9 heteroatoms. The Morgan fingerprint density at radius 3 is 2.48 bits per heavy atom. The van der Waals surface area contributed by atoms with Crippen LogP contribution < -0.4 is 10.1 Å². The van der Waals surface area contributed by atoms with Gasteiger partial charge >= 0.3 is 5.97 Å². The van der Waals surface area contributed by atoms with Gasteiger partial charge in [0, 0.05) is 6.42 Å². The maximum atomic E-state index is 13.0. The molecule has 1 aromatic carbocycles. The van der Waals surface area contributed by atoms with Crippen molar-refractivity contribution in [2.75, 3.05) is 0 Å². The molecule has 0 spiro atoms. The molecule has 2 atom stereocenters. The zero-order chi connectivity index (χ0) is 21.5. The minimum absolute atomic E-state index is 0.0161. The highest BCUT2D eigenvalue weighted by atomic mass is 16.6. The van der Waals surface area contributed by atoms with Crippen molar-refractivity contribution in [3.8, 4) is 5.75 Å². The summed E-state index contributed by atoms with van der Waals surface area (Å²) in [6, 6.07) is 3.37. The Morgan fingerprint density at radius 1 is 1.17 bits per heavy atom.